The topological polar surface area (TPSA) is 26.0 Å². The van der Waals surface area contributed by atoms with Gasteiger partial charge in [0.05, 0.1) is 6.20 Å². The van der Waals surface area contributed by atoms with Crippen LogP contribution in [0.4, 0.5) is 0 Å². The summed E-state index contributed by atoms with van der Waals surface area (Å²) in [5.74, 6) is 0.893. The Morgan fingerprint density at radius 1 is 1.58 bits per heavy atom. The van der Waals surface area contributed by atoms with Crippen molar-refractivity contribution in [1.82, 2.24) is 4.98 Å². The molecule has 2 nitrogen and oxygen atoms in total. The maximum atomic E-state index is 5.27. The number of rotatable bonds is 2. The lowest BCUT2D eigenvalue weighted by Gasteiger charge is -1.89. The van der Waals surface area contributed by atoms with Gasteiger partial charge < -0.3 is 4.42 Å². The molecule has 0 aliphatic carbocycles. The second kappa shape index (κ2) is 3.41. The second-order valence-electron chi connectivity index (χ2n) is 2.34. The number of nitrogens with zero attached hydrogens (tertiary/aromatic N) is 1. The van der Waals surface area contributed by atoms with E-state index in [1.54, 1.807) is 17.5 Å². The molecule has 2 aromatic rings. The Bertz CT molecular complexity index is 355. The van der Waals surface area contributed by atoms with Gasteiger partial charge in [-0.2, -0.15) is 0 Å². The van der Waals surface area contributed by atoms with Crippen molar-refractivity contribution in [2.45, 2.75) is 6.42 Å². The van der Waals surface area contributed by atoms with Crippen molar-refractivity contribution in [3.05, 3.63) is 39.1 Å². The summed E-state index contributed by atoms with van der Waals surface area (Å²) in [5.41, 5.74) is 0. The summed E-state index contributed by atoms with van der Waals surface area (Å²) in [6, 6.07) is 4.12. The SMILES string of the molecule is Brc1ncc(Cc2cccs2)o1. The first-order valence-electron chi connectivity index (χ1n) is 3.47. The summed E-state index contributed by atoms with van der Waals surface area (Å²) in [7, 11) is 0. The van der Waals surface area contributed by atoms with Crippen LogP contribution in [0.3, 0.4) is 0 Å². The molecular weight excluding hydrogens is 238 g/mol. The standard InChI is InChI=1S/C8H6BrNOS/c9-8-10-5-6(11-8)4-7-2-1-3-12-7/h1-3,5H,4H2. The van der Waals surface area contributed by atoms with Gasteiger partial charge in [0.2, 0.25) is 0 Å². The zero-order valence-corrected chi connectivity index (χ0v) is 8.56. The normalized spacial score (nSPS) is 10.4. The van der Waals surface area contributed by atoms with Gasteiger partial charge in [0.1, 0.15) is 5.76 Å². The second-order valence-corrected chi connectivity index (χ2v) is 4.05. The van der Waals surface area contributed by atoms with Crippen LogP contribution >= 0.6 is 27.3 Å². The van der Waals surface area contributed by atoms with Crippen molar-refractivity contribution in [3.63, 3.8) is 0 Å². The van der Waals surface area contributed by atoms with E-state index in [-0.39, 0.29) is 0 Å². The summed E-state index contributed by atoms with van der Waals surface area (Å²) in [5, 5.41) is 2.06. The lowest BCUT2D eigenvalue weighted by Crippen LogP contribution is -1.78. The molecule has 0 amide bonds. The van der Waals surface area contributed by atoms with E-state index in [4.69, 9.17) is 4.42 Å². The fourth-order valence-electron chi connectivity index (χ4n) is 0.950. The number of hydrogen-bond donors (Lipinski definition) is 0. The zero-order chi connectivity index (χ0) is 8.39. The average molecular weight is 244 g/mol. The van der Waals surface area contributed by atoms with Gasteiger partial charge in [-0.05, 0) is 11.4 Å². The number of hydrogen-bond acceptors (Lipinski definition) is 3. The highest BCUT2D eigenvalue weighted by atomic mass is 79.9. The molecule has 0 saturated heterocycles. The predicted molar refractivity (Wildman–Crippen MR) is 51.3 cm³/mol. The van der Waals surface area contributed by atoms with E-state index in [0.29, 0.717) is 4.80 Å². The predicted octanol–water partition coefficient (Wildman–Crippen LogP) is 3.09. The van der Waals surface area contributed by atoms with Crippen LogP contribution < -0.4 is 0 Å². The highest BCUT2D eigenvalue weighted by molar-refractivity contribution is 9.10. The molecule has 0 spiro atoms. The molecule has 0 aliphatic heterocycles. The summed E-state index contributed by atoms with van der Waals surface area (Å²) in [4.78, 5) is 5.79. The van der Waals surface area contributed by atoms with Crippen LogP contribution in [0, 0.1) is 0 Å². The monoisotopic (exact) mass is 243 g/mol. The molecule has 4 heteroatoms. The first-order valence-corrected chi connectivity index (χ1v) is 5.14. The first-order chi connectivity index (χ1) is 5.84. The van der Waals surface area contributed by atoms with Crippen molar-refractivity contribution in [2.75, 3.05) is 0 Å². The molecule has 0 bridgehead atoms. The third-order valence-corrected chi connectivity index (χ3v) is 2.70. The third kappa shape index (κ3) is 1.76. The minimum absolute atomic E-state index is 0.550. The van der Waals surface area contributed by atoms with Gasteiger partial charge in [-0.15, -0.1) is 11.3 Å². The van der Waals surface area contributed by atoms with E-state index in [2.05, 4.69) is 32.4 Å². The highest BCUT2D eigenvalue weighted by Crippen LogP contribution is 2.17. The largest absolute Gasteiger partial charge is 0.436 e. The average Bonchev–Trinajstić information content (AvgIpc) is 2.63. The molecule has 0 aliphatic rings. The van der Waals surface area contributed by atoms with Gasteiger partial charge in [0, 0.05) is 27.2 Å². The number of halogens is 1. The van der Waals surface area contributed by atoms with Gasteiger partial charge in [-0.25, -0.2) is 4.98 Å². The molecular formula is C8H6BrNOS. The van der Waals surface area contributed by atoms with Crippen molar-refractivity contribution < 1.29 is 4.42 Å². The summed E-state index contributed by atoms with van der Waals surface area (Å²) in [6.45, 7) is 0. The molecule has 0 radical (unpaired) electrons. The van der Waals surface area contributed by atoms with Crippen molar-refractivity contribution in [1.29, 1.82) is 0 Å². The van der Waals surface area contributed by atoms with Crippen LogP contribution in [0.15, 0.2) is 32.9 Å². The Hall–Kier alpha value is -0.610. The summed E-state index contributed by atoms with van der Waals surface area (Å²) >= 11 is 4.89. The molecule has 0 saturated carbocycles. The lowest BCUT2D eigenvalue weighted by molar-refractivity contribution is 0.490. The maximum Gasteiger partial charge on any atom is 0.264 e. The van der Waals surface area contributed by atoms with Crippen LogP contribution in [0.1, 0.15) is 10.6 Å². The Labute approximate surface area is 82.4 Å². The smallest absolute Gasteiger partial charge is 0.264 e. The Balaban J connectivity index is 2.14. The molecule has 12 heavy (non-hydrogen) atoms. The van der Waals surface area contributed by atoms with Crippen LogP contribution in [0.5, 0.6) is 0 Å². The Kier molecular flexibility index (Phi) is 2.28. The van der Waals surface area contributed by atoms with E-state index in [0.717, 1.165) is 12.2 Å². The van der Waals surface area contributed by atoms with E-state index >= 15 is 0 Å². The minimum atomic E-state index is 0.550. The Morgan fingerprint density at radius 2 is 2.50 bits per heavy atom. The van der Waals surface area contributed by atoms with E-state index in [9.17, 15) is 0 Å². The number of oxazole rings is 1. The zero-order valence-electron chi connectivity index (χ0n) is 6.16. The van der Waals surface area contributed by atoms with Crippen molar-refractivity contribution in [2.24, 2.45) is 0 Å². The first kappa shape index (κ1) is 8.01. The van der Waals surface area contributed by atoms with Crippen LogP contribution in [-0.4, -0.2) is 4.98 Å². The van der Waals surface area contributed by atoms with E-state index in [1.165, 1.54) is 4.88 Å². The Morgan fingerprint density at radius 3 is 3.08 bits per heavy atom. The van der Waals surface area contributed by atoms with Gasteiger partial charge in [0.15, 0.2) is 0 Å². The number of aromatic nitrogens is 1. The summed E-state index contributed by atoms with van der Waals surface area (Å²) in [6.07, 6.45) is 2.57. The quantitative estimate of drug-likeness (QED) is 0.811. The fraction of sp³-hybridized carbons (Fsp3) is 0.125. The number of thiophene rings is 1. The molecule has 0 unspecified atom stereocenters. The molecule has 2 rings (SSSR count). The third-order valence-electron chi connectivity index (χ3n) is 1.45. The minimum Gasteiger partial charge on any atom is -0.436 e. The van der Waals surface area contributed by atoms with Gasteiger partial charge in [-0.3, -0.25) is 0 Å². The molecule has 0 aromatic carbocycles. The summed E-state index contributed by atoms with van der Waals surface area (Å²) < 4.78 is 5.27. The van der Waals surface area contributed by atoms with Gasteiger partial charge in [0.25, 0.3) is 4.80 Å². The van der Waals surface area contributed by atoms with Crippen molar-refractivity contribution >= 4 is 27.3 Å². The molecule has 0 fully saturated rings. The molecule has 0 N–H and O–H groups in total. The molecule has 0 atom stereocenters. The van der Waals surface area contributed by atoms with Gasteiger partial charge >= 0.3 is 0 Å². The van der Waals surface area contributed by atoms with Crippen LogP contribution in [0.25, 0.3) is 0 Å². The van der Waals surface area contributed by atoms with E-state index < -0.39 is 0 Å². The molecule has 2 heterocycles. The van der Waals surface area contributed by atoms with Gasteiger partial charge in [-0.1, -0.05) is 6.07 Å². The molecule has 62 valence electrons. The van der Waals surface area contributed by atoms with E-state index in [1.807, 2.05) is 6.07 Å². The molecule has 2 aromatic heterocycles. The highest BCUT2D eigenvalue weighted by Gasteiger charge is 2.02. The lowest BCUT2D eigenvalue weighted by atomic mass is 10.3. The maximum absolute atomic E-state index is 5.27. The van der Waals surface area contributed by atoms with Crippen LogP contribution in [0.2, 0.25) is 0 Å². The fourth-order valence-corrected chi connectivity index (χ4v) is 1.98. The van der Waals surface area contributed by atoms with Crippen molar-refractivity contribution in [3.8, 4) is 0 Å². The van der Waals surface area contributed by atoms with Crippen LogP contribution in [-0.2, 0) is 6.42 Å².